The molecule has 0 amide bonds. The number of hydrogen-bond acceptors (Lipinski definition) is 4. The summed E-state index contributed by atoms with van der Waals surface area (Å²) in [6, 6.07) is 16.8. The van der Waals surface area contributed by atoms with Crippen molar-refractivity contribution in [2.45, 2.75) is 6.54 Å². The first-order chi connectivity index (χ1) is 10.7. The summed E-state index contributed by atoms with van der Waals surface area (Å²) >= 11 is 7.25. The van der Waals surface area contributed by atoms with Crippen LogP contribution < -0.4 is 5.32 Å². The highest BCUT2D eigenvalue weighted by Gasteiger charge is 2.13. The molecule has 0 unspecified atom stereocenters. The molecule has 22 heavy (non-hydrogen) atoms. The van der Waals surface area contributed by atoms with E-state index in [4.69, 9.17) is 11.6 Å². The quantitative estimate of drug-likeness (QED) is 0.694. The molecule has 3 rings (SSSR count). The van der Waals surface area contributed by atoms with Gasteiger partial charge >= 0.3 is 0 Å². The molecule has 0 saturated heterocycles. The van der Waals surface area contributed by atoms with E-state index < -0.39 is 0 Å². The molecule has 1 heterocycles. The Morgan fingerprint density at radius 3 is 2.55 bits per heavy atom. The molecular formula is C17H13ClN2OS. The minimum absolute atomic E-state index is 0.00559. The highest BCUT2D eigenvalue weighted by atomic mass is 35.5. The van der Waals surface area contributed by atoms with E-state index in [0.29, 0.717) is 22.1 Å². The van der Waals surface area contributed by atoms with Gasteiger partial charge in [0.05, 0.1) is 6.54 Å². The number of aromatic nitrogens is 1. The predicted octanol–water partition coefficient (Wildman–Crippen LogP) is 4.64. The number of benzene rings is 2. The Labute approximate surface area is 137 Å². The molecule has 2 aromatic carbocycles. The second kappa shape index (κ2) is 6.73. The third kappa shape index (κ3) is 3.35. The van der Waals surface area contributed by atoms with Crippen molar-refractivity contribution in [3.63, 3.8) is 0 Å². The second-order valence-corrected chi connectivity index (χ2v) is 6.37. The minimum atomic E-state index is 0.00559. The maximum Gasteiger partial charge on any atom is 0.195 e. The summed E-state index contributed by atoms with van der Waals surface area (Å²) in [5, 5.41) is 3.28. The average Bonchev–Trinajstić information content (AvgIpc) is 2.99. The van der Waals surface area contributed by atoms with Crippen LogP contribution in [0, 0.1) is 0 Å². The molecule has 0 saturated carbocycles. The van der Waals surface area contributed by atoms with Crippen LogP contribution in [0.15, 0.2) is 60.8 Å². The van der Waals surface area contributed by atoms with Crippen LogP contribution in [0.1, 0.15) is 20.8 Å². The normalized spacial score (nSPS) is 10.4. The first-order valence-corrected chi connectivity index (χ1v) is 7.96. The van der Waals surface area contributed by atoms with E-state index in [9.17, 15) is 4.79 Å². The summed E-state index contributed by atoms with van der Waals surface area (Å²) in [6.07, 6.45) is 1.74. The Hall–Kier alpha value is -2.17. The SMILES string of the molecule is O=C(c1ccccc1)c1ccccc1NCc1cnc(Cl)s1. The number of hydrogen-bond donors (Lipinski definition) is 1. The van der Waals surface area contributed by atoms with Crippen molar-refractivity contribution in [3.8, 4) is 0 Å². The zero-order valence-corrected chi connectivity index (χ0v) is 13.2. The number of thiazole rings is 1. The van der Waals surface area contributed by atoms with Crippen LogP contribution in [0.5, 0.6) is 0 Å². The second-order valence-electron chi connectivity index (χ2n) is 4.67. The van der Waals surface area contributed by atoms with Crippen LogP contribution in [0.25, 0.3) is 0 Å². The van der Waals surface area contributed by atoms with Crippen molar-refractivity contribution in [1.29, 1.82) is 0 Å². The summed E-state index contributed by atoms with van der Waals surface area (Å²) in [4.78, 5) is 17.6. The van der Waals surface area contributed by atoms with Gasteiger partial charge in [-0.05, 0) is 12.1 Å². The van der Waals surface area contributed by atoms with E-state index in [1.165, 1.54) is 11.3 Å². The summed E-state index contributed by atoms with van der Waals surface area (Å²) in [5.74, 6) is 0.00559. The molecule has 110 valence electrons. The number of halogens is 1. The zero-order chi connectivity index (χ0) is 15.4. The number of nitrogens with zero attached hydrogens (tertiary/aromatic N) is 1. The van der Waals surface area contributed by atoms with Gasteiger partial charge in [0.25, 0.3) is 0 Å². The van der Waals surface area contributed by atoms with E-state index in [0.717, 1.165) is 10.6 Å². The number of carbonyl (C=O) groups is 1. The van der Waals surface area contributed by atoms with Crippen molar-refractivity contribution in [3.05, 3.63) is 81.3 Å². The fourth-order valence-electron chi connectivity index (χ4n) is 2.13. The van der Waals surface area contributed by atoms with Crippen LogP contribution >= 0.6 is 22.9 Å². The third-order valence-corrected chi connectivity index (χ3v) is 4.30. The number of para-hydroxylation sites is 1. The van der Waals surface area contributed by atoms with Crippen molar-refractivity contribution >= 4 is 34.4 Å². The third-order valence-electron chi connectivity index (χ3n) is 3.19. The standard InChI is InChI=1S/C17H13ClN2OS/c18-17-20-11-13(22-17)10-19-15-9-5-4-8-14(15)16(21)12-6-2-1-3-7-12/h1-9,11,19H,10H2. The lowest BCUT2D eigenvalue weighted by molar-refractivity contribution is 0.103. The van der Waals surface area contributed by atoms with Crippen LogP contribution in [-0.4, -0.2) is 10.8 Å². The monoisotopic (exact) mass is 328 g/mol. The Kier molecular flexibility index (Phi) is 4.51. The largest absolute Gasteiger partial charge is 0.379 e. The highest BCUT2D eigenvalue weighted by Crippen LogP contribution is 2.22. The molecule has 0 aliphatic carbocycles. The lowest BCUT2D eigenvalue weighted by atomic mass is 10.0. The fraction of sp³-hybridized carbons (Fsp3) is 0.0588. The van der Waals surface area contributed by atoms with E-state index in [-0.39, 0.29) is 5.78 Å². The number of rotatable bonds is 5. The number of carbonyl (C=O) groups excluding carboxylic acids is 1. The van der Waals surface area contributed by atoms with Gasteiger partial charge in [0, 0.05) is 27.9 Å². The van der Waals surface area contributed by atoms with Crippen LogP contribution in [0.4, 0.5) is 5.69 Å². The molecular weight excluding hydrogens is 316 g/mol. The zero-order valence-electron chi connectivity index (χ0n) is 11.6. The van der Waals surface area contributed by atoms with E-state index in [1.54, 1.807) is 6.20 Å². The summed E-state index contributed by atoms with van der Waals surface area (Å²) in [7, 11) is 0. The van der Waals surface area contributed by atoms with Gasteiger partial charge in [0.1, 0.15) is 0 Å². The first kappa shape index (κ1) is 14.8. The summed E-state index contributed by atoms with van der Waals surface area (Å²) in [5.41, 5.74) is 2.14. The molecule has 0 bridgehead atoms. The van der Waals surface area contributed by atoms with Crippen LogP contribution in [0.2, 0.25) is 4.47 Å². The molecule has 0 aliphatic rings. The topological polar surface area (TPSA) is 42.0 Å². The molecule has 5 heteroatoms. The highest BCUT2D eigenvalue weighted by molar-refractivity contribution is 7.15. The van der Waals surface area contributed by atoms with Gasteiger partial charge in [-0.25, -0.2) is 4.98 Å². The lowest BCUT2D eigenvalue weighted by Gasteiger charge is -2.10. The predicted molar refractivity (Wildman–Crippen MR) is 90.8 cm³/mol. The van der Waals surface area contributed by atoms with Crippen LogP contribution in [-0.2, 0) is 6.54 Å². The first-order valence-electron chi connectivity index (χ1n) is 6.77. The maximum atomic E-state index is 12.6. The van der Waals surface area contributed by atoms with E-state index in [1.807, 2.05) is 54.6 Å². The number of ketones is 1. The smallest absolute Gasteiger partial charge is 0.195 e. The minimum Gasteiger partial charge on any atom is -0.379 e. The Morgan fingerprint density at radius 2 is 1.82 bits per heavy atom. The number of nitrogens with one attached hydrogen (secondary N) is 1. The summed E-state index contributed by atoms with van der Waals surface area (Å²) < 4.78 is 0.519. The van der Waals surface area contributed by atoms with Gasteiger partial charge in [-0.3, -0.25) is 4.79 Å². The molecule has 0 radical (unpaired) electrons. The van der Waals surface area contributed by atoms with Gasteiger partial charge in [-0.2, -0.15) is 0 Å². The van der Waals surface area contributed by atoms with Crippen molar-refractivity contribution in [1.82, 2.24) is 4.98 Å². The van der Waals surface area contributed by atoms with E-state index in [2.05, 4.69) is 10.3 Å². The van der Waals surface area contributed by atoms with Gasteiger partial charge < -0.3 is 5.32 Å². The van der Waals surface area contributed by atoms with Gasteiger partial charge in [-0.15, -0.1) is 11.3 Å². The van der Waals surface area contributed by atoms with Gasteiger partial charge in [0.2, 0.25) is 0 Å². The molecule has 1 aromatic heterocycles. The fourth-order valence-corrected chi connectivity index (χ4v) is 3.05. The Bertz CT molecular complexity index is 786. The Balaban J connectivity index is 1.82. The van der Waals surface area contributed by atoms with Gasteiger partial charge in [0.15, 0.2) is 10.3 Å². The molecule has 0 aliphatic heterocycles. The lowest BCUT2D eigenvalue weighted by Crippen LogP contribution is -2.07. The van der Waals surface area contributed by atoms with Crippen molar-refractivity contribution in [2.75, 3.05) is 5.32 Å². The average molecular weight is 329 g/mol. The Morgan fingerprint density at radius 1 is 1.09 bits per heavy atom. The van der Waals surface area contributed by atoms with Crippen molar-refractivity contribution in [2.24, 2.45) is 0 Å². The van der Waals surface area contributed by atoms with E-state index >= 15 is 0 Å². The molecule has 3 aromatic rings. The maximum absolute atomic E-state index is 12.6. The van der Waals surface area contributed by atoms with Gasteiger partial charge in [-0.1, -0.05) is 54.1 Å². The van der Waals surface area contributed by atoms with Crippen molar-refractivity contribution < 1.29 is 4.79 Å². The molecule has 1 N–H and O–H groups in total. The number of anilines is 1. The summed E-state index contributed by atoms with van der Waals surface area (Å²) in [6.45, 7) is 0.587. The molecule has 3 nitrogen and oxygen atoms in total. The van der Waals surface area contributed by atoms with Crippen LogP contribution in [0.3, 0.4) is 0 Å². The molecule has 0 atom stereocenters. The molecule has 0 fully saturated rings. The molecule has 0 spiro atoms.